The van der Waals surface area contributed by atoms with E-state index in [2.05, 4.69) is 10.6 Å². The zero-order valence-corrected chi connectivity index (χ0v) is 23.4. The van der Waals surface area contributed by atoms with Crippen molar-refractivity contribution >= 4 is 51.1 Å². The first-order valence-corrected chi connectivity index (χ1v) is 13.1. The third kappa shape index (κ3) is 6.26. The number of nitrogens with zero attached hydrogens (tertiary/aromatic N) is 4. The molecule has 216 valence electrons. The quantitative estimate of drug-likeness (QED) is 0.235. The summed E-state index contributed by atoms with van der Waals surface area (Å²) in [6.45, 7) is 2.75. The lowest BCUT2D eigenvalue weighted by molar-refractivity contribution is -0.192. The van der Waals surface area contributed by atoms with Crippen molar-refractivity contribution in [2.75, 3.05) is 6.54 Å². The first-order chi connectivity index (χ1) is 19.8. The molecule has 0 bridgehead atoms. The molecular formula is C29H22Cl2F3N5O3. The number of fused-ring (bicyclic) bond motifs is 2. The minimum absolute atomic E-state index is 0.241. The van der Waals surface area contributed by atoms with Crippen LogP contribution in [0.4, 0.5) is 13.2 Å². The van der Waals surface area contributed by atoms with E-state index in [9.17, 15) is 18.0 Å². The molecule has 1 unspecified atom stereocenters. The molecule has 3 aromatic carbocycles. The van der Waals surface area contributed by atoms with E-state index in [0.29, 0.717) is 38.9 Å². The van der Waals surface area contributed by atoms with Crippen molar-refractivity contribution in [3.63, 3.8) is 0 Å². The van der Waals surface area contributed by atoms with Crippen LogP contribution in [0.3, 0.4) is 0 Å². The molecule has 0 spiro atoms. The van der Waals surface area contributed by atoms with Gasteiger partial charge in [-0.2, -0.15) is 18.4 Å². The fourth-order valence-electron chi connectivity index (χ4n) is 4.37. The molecule has 1 atom stereocenters. The van der Waals surface area contributed by atoms with Gasteiger partial charge in [-0.25, -0.2) is 9.78 Å². The van der Waals surface area contributed by atoms with Crippen LogP contribution in [0.25, 0.3) is 33.2 Å². The molecule has 0 aliphatic heterocycles. The number of carboxylic acid groups (broad SMARTS) is 1. The average Bonchev–Trinajstić information content (AvgIpc) is 3.31. The summed E-state index contributed by atoms with van der Waals surface area (Å²) in [6, 6.07) is 20.6. The van der Waals surface area contributed by atoms with E-state index in [0.717, 1.165) is 22.0 Å². The summed E-state index contributed by atoms with van der Waals surface area (Å²) in [6.07, 6.45) is -3.13. The third-order valence-corrected chi connectivity index (χ3v) is 7.16. The molecule has 0 aliphatic rings. The van der Waals surface area contributed by atoms with Gasteiger partial charge >= 0.3 is 12.1 Å². The van der Waals surface area contributed by atoms with Crippen LogP contribution in [0.2, 0.25) is 10.0 Å². The van der Waals surface area contributed by atoms with Crippen LogP contribution in [-0.4, -0.2) is 37.9 Å². The molecule has 5 aromatic rings. The van der Waals surface area contributed by atoms with Gasteiger partial charge in [-0.3, -0.25) is 4.79 Å². The Morgan fingerprint density at radius 2 is 1.71 bits per heavy atom. The Morgan fingerprint density at radius 1 is 1.10 bits per heavy atom. The van der Waals surface area contributed by atoms with E-state index in [1.54, 1.807) is 28.8 Å². The summed E-state index contributed by atoms with van der Waals surface area (Å²) in [5.74, 6) is -2.76. The molecule has 0 fully saturated rings. The molecule has 0 saturated carbocycles. The van der Waals surface area contributed by atoms with E-state index >= 15 is 0 Å². The van der Waals surface area contributed by atoms with Crippen molar-refractivity contribution in [1.82, 2.24) is 14.1 Å². The summed E-state index contributed by atoms with van der Waals surface area (Å²) in [5, 5.41) is 17.8. The molecule has 13 heteroatoms. The fraction of sp³-hybridized carbons (Fsp3) is 0.172. The first-order valence-electron chi connectivity index (χ1n) is 12.3. The van der Waals surface area contributed by atoms with Crippen molar-refractivity contribution in [3.05, 3.63) is 98.4 Å². The van der Waals surface area contributed by atoms with Crippen LogP contribution in [0.1, 0.15) is 24.1 Å². The van der Waals surface area contributed by atoms with E-state index in [4.69, 9.17) is 49.1 Å². The highest BCUT2D eigenvalue weighted by atomic mass is 35.5. The number of hydrogen-bond acceptors (Lipinski definition) is 5. The maximum Gasteiger partial charge on any atom is 0.490 e. The van der Waals surface area contributed by atoms with Crippen molar-refractivity contribution in [3.8, 4) is 17.3 Å². The molecular weight excluding hydrogens is 594 g/mol. The van der Waals surface area contributed by atoms with Crippen LogP contribution in [-0.2, 0) is 11.3 Å². The molecule has 3 N–H and O–H groups in total. The number of hydrogen-bond donors (Lipinski definition) is 2. The third-order valence-electron chi connectivity index (χ3n) is 6.43. The van der Waals surface area contributed by atoms with Crippen molar-refractivity contribution in [1.29, 1.82) is 5.26 Å². The monoisotopic (exact) mass is 615 g/mol. The Bertz CT molecular complexity index is 1890. The number of aromatic nitrogens is 3. The zero-order chi connectivity index (χ0) is 30.8. The van der Waals surface area contributed by atoms with E-state index < -0.39 is 12.1 Å². The van der Waals surface area contributed by atoms with Crippen molar-refractivity contribution in [2.45, 2.75) is 25.7 Å². The van der Waals surface area contributed by atoms with Gasteiger partial charge in [0, 0.05) is 41.8 Å². The maximum absolute atomic E-state index is 13.8. The lowest BCUT2D eigenvalue weighted by Gasteiger charge is -2.18. The maximum atomic E-state index is 13.8. The van der Waals surface area contributed by atoms with Crippen LogP contribution in [0.15, 0.2) is 71.7 Å². The number of para-hydroxylation sites is 1. The lowest BCUT2D eigenvalue weighted by Crippen LogP contribution is -2.30. The molecule has 5 rings (SSSR count). The fourth-order valence-corrected chi connectivity index (χ4v) is 4.68. The molecule has 0 saturated heterocycles. The Morgan fingerprint density at radius 3 is 2.31 bits per heavy atom. The number of alkyl halides is 3. The summed E-state index contributed by atoms with van der Waals surface area (Å²) >= 11 is 12.6. The predicted molar refractivity (Wildman–Crippen MR) is 155 cm³/mol. The van der Waals surface area contributed by atoms with Crippen LogP contribution in [0, 0.1) is 11.3 Å². The van der Waals surface area contributed by atoms with Gasteiger partial charge in [0.25, 0.3) is 5.56 Å². The number of halogens is 5. The molecule has 8 nitrogen and oxygen atoms in total. The van der Waals surface area contributed by atoms with Crippen molar-refractivity contribution in [2.24, 2.45) is 5.73 Å². The van der Waals surface area contributed by atoms with Crippen molar-refractivity contribution < 1.29 is 23.1 Å². The van der Waals surface area contributed by atoms with Gasteiger partial charge in [0.2, 0.25) is 0 Å². The first kappa shape index (κ1) is 30.6. The van der Waals surface area contributed by atoms with Gasteiger partial charge in [-0.1, -0.05) is 53.5 Å². The highest BCUT2D eigenvalue weighted by molar-refractivity contribution is 6.42. The Hall–Kier alpha value is -4.37. The molecule has 0 amide bonds. The van der Waals surface area contributed by atoms with E-state index in [-0.39, 0.29) is 18.1 Å². The highest BCUT2D eigenvalue weighted by Gasteiger charge is 2.38. The van der Waals surface area contributed by atoms with Crippen LogP contribution in [0.5, 0.6) is 0 Å². The normalized spacial score (nSPS) is 12.0. The summed E-state index contributed by atoms with van der Waals surface area (Å²) in [5.41, 5.74) is 10.6. The Kier molecular flexibility index (Phi) is 8.92. The Labute approximate surface area is 246 Å². The smallest absolute Gasteiger partial charge is 0.475 e. The lowest BCUT2D eigenvalue weighted by atomic mass is 10.1. The van der Waals surface area contributed by atoms with Gasteiger partial charge in [0.15, 0.2) is 0 Å². The molecule has 2 aromatic heterocycles. The molecule has 0 aliphatic carbocycles. The number of carbonyl (C=O) groups is 1. The molecule has 2 heterocycles. The number of rotatable bonds is 5. The standard InChI is InChI=1S/C27H21Cl2N5O.C2HF3O2/c1-16(12-30)34-25-11-22(29)21(28)10-23(25)32-26(27(34)35)20-15-33(24-5-3-2-4-19(20)24)14-18-8-6-17(13-31)7-9-18;3-2(4,5)1(6)7/h2-11,15-16H,12,14,30H2,1H3;(H,6,7). The van der Waals surface area contributed by atoms with Gasteiger partial charge < -0.3 is 20.0 Å². The van der Waals surface area contributed by atoms with Gasteiger partial charge in [0.05, 0.1) is 32.7 Å². The number of benzene rings is 3. The average molecular weight is 616 g/mol. The van der Waals surface area contributed by atoms with E-state index in [1.807, 2.05) is 49.5 Å². The second-order valence-electron chi connectivity index (χ2n) is 9.27. The number of nitrogens with two attached hydrogens (primary N) is 1. The number of carboxylic acids is 1. The second-order valence-corrected chi connectivity index (χ2v) is 10.1. The van der Waals surface area contributed by atoms with E-state index in [1.165, 1.54) is 0 Å². The SMILES string of the molecule is CC(CN)n1c(=O)c(-c2cn(Cc3ccc(C#N)cc3)c3ccccc23)nc2cc(Cl)c(Cl)cc21.O=C(O)C(F)(F)F. The minimum atomic E-state index is -5.08. The Balaban J connectivity index is 0.000000517. The van der Waals surface area contributed by atoms with Crippen LogP contribution < -0.4 is 11.3 Å². The number of nitriles is 1. The summed E-state index contributed by atoms with van der Waals surface area (Å²) in [4.78, 5) is 27.4. The zero-order valence-electron chi connectivity index (χ0n) is 21.9. The minimum Gasteiger partial charge on any atom is -0.475 e. The van der Waals surface area contributed by atoms with Gasteiger partial charge in [-0.05, 0) is 42.8 Å². The molecule has 42 heavy (non-hydrogen) atoms. The largest absolute Gasteiger partial charge is 0.490 e. The van der Waals surface area contributed by atoms with Gasteiger partial charge in [0.1, 0.15) is 5.69 Å². The van der Waals surface area contributed by atoms with Crippen LogP contribution >= 0.6 is 23.2 Å². The topological polar surface area (TPSA) is 127 Å². The summed E-state index contributed by atoms with van der Waals surface area (Å²) < 4.78 is 35.5. The predicted octanol–water partition coefficient (Wildman–Crippen LogP) is 6.40. The van der Waals surface area contributed by atoms with Gasteiger partial charge in [-0.15, -0.1) is 0 Å². The summed E-state index contributed by atoms with van der Waals surface area (Å²) in [7, 11) is 0. The number of aliphatic carboxylic acids is 1. The molecule has 0 radical (unpaired) electrons. The highest BCUT2D eigenvalue weighted by Crippen LogP contribution is 2.32. The second kappa shape index (κ2) is 12.2.